The molecule has 0 aliphatic rings. The third kappa shape index (κ3) is 3.88. The van der Waals surface area contributed by atoms with E-state index >= 15 is 0 Å². The van der Waals surface area contributed by atoms with Crippen molar-refractivity contribution in [2.45, 2.75) is 6.92 Å². The molecule has 0 unspecified atom stereocenters. The van der Waals surface area contributed by atoms with E-state index < -0.39 is 0 Å². The molecule has 2 rings (SSSR count). The number of anilines is 1. The van der Waals surface area contributed by atoms with E-state index in [0.717, 1.165) is 4.47 Å². The Labute approximate surface area is 130 Å². The number of hydrogen-bond acceptors (Lipinski definition) is 3. The van der Waals surface area contributed by atoms with E-state index in [-0.39, 0.29) is 17.5 Å². The number of aromatic nitrogens is 1. The van der Waals surface area contributed by atoms with Crippen LogP contribution in [0.2, 0.25) is 0 Å². The average molecular weight is 348 g/mol. The first-order chi connectivity index (χ1) is 10.1. The lowest BCUT2D eigenvalue weighted by Gasteiger charge is -2.10. The highest BCUT2D eigenvalue weighted by Crippen LogP contribution is 2.16. The van der Waals surface area contributed by atoms with Gasteiger partial charge in [-0.15, -0.1) is 0 Å². The molecule has 0 saturated heterocycles. The van der Waals surface area contributed by atoms with E-state index in [1.165, 1.54) is 0 Å². The van der Waals surface area contributed by atoms with Gasteiger partial charge in [0.25, 0.3) is 11.8 Å². The van der Waals surface area contributed by atoms with Crippen molar-refractivity contribution in [3.05, 3.63) is 58.3 Å². The maximum atomic E-state index is 12.1. The molecular weight excluding hydrogens is 334 g/mol. The molecule has 21 heavy (non-hydrogen) atoms. The molecular formula is C15H14BrN3O2. The summed E-state index contributed by atoms with van der Waals surface area (Å²) >= 11 is 3.26. The van der Waals surface area contributed by atoms with Crippen LogP contribution in [0.3, 0.4) is 0 Å². The summed E-state index contributed by atoms with van der Waals surface area (Å²) < 4.78 is 0.793. The molecule has 0 aliphatic heterocycles. The first-order valence-corrected chi connectivity index (χ1v) is 7.21. The molecule has 0 atom stereocenters. The topological polar surface area (TPSA) is 71.1 Å². The van der Waals surface area contributed by atoms with Gasteiger partial charge in [0.15, 0.2) is 0 Å². The zero-order valence-corrected chi connectivity index (χ0v) is 13.0. The molecule has 2 N–H and O–H groups in total. The molecule has 0 bridgehead atoms. The third-order valence-electron chi connectivity index (χ3n) is 2.72. The van der Waals surface area contributed by atoms with Gasteiger partial charge in [-0.2, -0.15) is 0 Å². The summed E-state index contributed by atoms with van der Waals surface area (Å²) in [6, 6.07) is 10.2. The minimum Gasteiger partial charge on any atom is -0.352 e. The summed E-state index contributed by atoms with van der Waals surface area (Å²) in [5.41, 5.74) is 1.16. The van der Waals surface area contributed by atoms with E-state index in [9.17, 15) is 9.59 Å². The van der Waals surface area contributed by atoms with E-state index in [0.29, 0.717) is 17.8 Å². The highest BCUT2D eigenvalue weighted by molar-refractivity contribution is 9.10. The molecule has 1 aromatic heterocycles. The number of para-hydroxylation sites is 1. The van der Waals surface area contributed by atoms with Gasteiger partial charge in [-0.1, -0.05) is 12.1 Å². The Morgan fingerprint density at radius 2 is 1.90 bits per heavy atom. The number of amides is 2. The molecule has 0 saturated carbocycles. The fourth-order valence-electron chi connectivity index (χ4n) is 1.74. The number of benzene rings is 1. The summed E-state index contributed by atoms with van der Waals surface area (Å²) in [6.45, 7) is 2.36. The Kier molecular flexibility index (Phi) is 5.05. The van der Waals surface area contributed by atoms with Gasteiger partial charge in [0.2, 0.25) is 0 Å². The van der Waals surface area contributed by atoms with Gasteiger partial charge in [-0.3, -0.25) is 9.59 Å². The first kappa shape index (κ1) is 15.2. The quantitative estimate of drug-likeness (QED) is 0.893. The smallest absolute Gasteiger partial charge is 0.274 e. The number of carbonyl (C=O) groups is 2. The van der Waals surface area contributed by atoms with Crippen molar-refractivity contribution < 1.29 is 9.59 Å². The maximum absolute atomic E-state index is 12.1. The predicted molar refractivity (Wildman–Crippen MR) is 84.3 cm³/mol. The van der Waals surface area contributed by atoms with Crippen molar-refractivity contribution in [1.82, 2.24) is 10.3 Å². The molecule has 108 valence electrons. The second-order valence-corrected chi connectivity index (χ2v) is 5.14. The number of hydrogen-bond donors (Lipinski definition) is 2. The Bertz CT molecular complexity index is 656. The lowest BCUT2D eigenvalue weighted by atomic mass is 10.1. The van der Waals surface area contributed by atoms with Crippen LogP contribution in [-0.4, -0.2) is 23.3 Å². The van der Waals surface area contributed by atoms with Crippen molar-refractivity contribution in [3.63, 3.8) is 0 Å². The van der Waals surface area contributed by atoms with Crippen molar-refractivity contribution >= 4 is 33.4 Å². The zero-order valence-electron chi connectivity index (χ0n) is 11.4. The molecule has 1 aromatic carbocycles. The van der Waals surface area contributed by atoms with Crippen LogP contribution in [0, 0.1) is 0 Å². The van der Waals surface area contributed by atoms with Crippen LogP contribution in [-0.2, 0) is 0 Å². The number of pyridine rings is 1. The SMILES string of the molecule is CCNC(=O)c1ccccc1NC(=O)c1ccc(Br)cn1. The standard InChI is InChI=1S/C15H14BrN3O2/c1-2-17-14(20)11-5-3-4-6-12(11)19-15(21)13-8-7-10(16)9-18-13/h3-9H,2H2,1H3,(H,17,20)(H,19,21). The van der Waals surface area contributed by atoms with Crippen molar-refractivity contribution in [2.75, 3.05) is 11.9 Å². The highest BCUT2D eigenvalue weighted by atomic mass is 79.9. The Balaban J connectivity index is 2.21. The van der Waals surface area contributed by atoms with Gasteiger partial charge in [-0.25, -0.2) is 4.98 Å². The van der Waals surface area contributed by atoms with Crippen LogP contribution in [0.15, 0.2) is 47.1 Å². The predicted octanol–water partition coefficient (Wildman–Crippen LogP) is 2.85. The normalized spacial score (nSPS) is 10.0. The van der Waals surface area contributed by atoms with Crippen LogP contribution < -0.4 is 10.6 Å². The molecule has 0 fully saturated rings. The second kappa shape index (κ2) is 6.99. The zero-order chi connectivity index (χ0) is 15.2. The van der Waals surface area contributed by atoms with Gasteiger partial charge in [0.05, 0.1) is 11.3 Å². The maximum Gasteiger partial charge on any atom is 0.274 e. The van der Waals surface area contributed by atoms with E-state index in [4.69, 9.17) is 0 Å². The number of nitrogens with one attached hydrogen (secondary N) is 2. The number of nitrogens with zero attached hydrogens (tertiary/aromatic N) is 1. The molecule has 0 spiro atoms. The Morgan fingerprint density at radius 1 is 1.14 bits per heavy atom. The van der Waals surface area contributed by atoms with Crippen LogP contribution in [0.4, 0.5) is 5.69 Å². The Morgan fingerprint density at radius 3 is 2.57 bits per heavy atom. The lowest BCUT2D eigenvalue weighted by Crippen LogP contribution is -2.25. The third-order valence-corrected chi connectivity index (χ3v) is 3.19. The Hall–Kier alpha value is -2.21. The molecule has 5 nitrogen and oxygen atoms in total. The molecule has 0 radical (unpaired) electrons. The minimum absolute atomic E-state index is 0.225. The summed E-state index contributed by atoms with van der Waals surface area (Å²) in [5, 5.41) is 5.42. The first-order valence-electron chi connectivity index (χ1n) is 6.42. The fraction of sp³-hybridized carbons (Fsp3) is 0.133. The fourth-order valence-corrected chi connectivity index (χ4v) is 1.98. The molecule has 2 aromatic rings. The number of carbonyl (C=O) groups excluding carboxylic acids is 2. The summed E-state index contributed by atoms with van der Waals surface area (Å²) in [6.07, 6.45) is 1.55. The van der Waals surface area contributed by atoms with Crippen LogP contribution in [0.5, 0.6) is 0 Å². The summed E-state index contributed by atoms with van der Waals surface area (Å²) in [5.74, 6) is -0.587. The monoisotopic (exact) mass is 347 g/mol. The largest absolute Gasteiger partial charge is 0.352 e. The minimum atomic E-state index is -0.362. The number of rotatable bonds is 4. The van der Waals surface area contributed by atoms with Gasteiger partial charge >= 0.3 is 0 Å². The van der Waals surface area contributed by atoms with Crippen molar-refractivity contribution in [2.24, 2.45) is 0 Å². The van der Waals surface area contributed by atoms with Gasteiger partial charge in [-0.05, 0) is 47.1 Å². The van der Waals surface area contributed by atoms with Crippen molar-refractivity contribution in [1.29, 1.82) is 0 Å². The van der Waals surface area contributed by atoms with Crippen LogP contribution >= 0.6 is 15.9 Å². The summed E-state index contributed by atoms with van der Waals surface area (Å²) in [4.78, 5) is 28.1. The molecule has 2 amide bonds. The van der Waals surface area contributed by atoms with Gasteiger partial charge < -0.3 is 10.6 Å². The van der Waals surface area contributed by atoms with Crippen LogP contribution in [0.25, 0.3) is 0 Å². The van der Waals surface area contributed by atoms with Gasteiger partial charge in [0, 0.05) is 17.2 Å². The number of halogens is 1. The van der Waals surface area contributed by atoms with E-state index in [1.54, 1.807) is 42.6 Å². The lowest BCUT2D eigenvalue weighted by molar-refractivity contribution is 0.0956. The molecule has 6 heteroatoms. The molecule has 1 heterocycles. The van der Waals surface area contributed by atoms with Gasteiger partial charge in [0.1, 0.15) is 5.69 Å². The van der Waals surface area contributed by atoms with E-state index in [2.05, 4.69) is 31.5 Å². The van der Waals surface area contributed by atoms with Crippen molar-refractivity contribution in [3.8, 4) is 0 Å². The average Bonchev–Trinajstić information content (AvgIpc) is 2.48. The summed E-state index contributed by atoms with van der Waals surface area (Å²) in [7, 11) is 0. The second-order valence-electron chi connectivity index (χ2n) is 4.22. The van der Waals surface area contributed by atoms with Crippen LogP contribution in [0.1, 0.15) is 27.8 Å². The van der Waals surface area contributed by atoms with E-state index in [1.807, 2.05) is 6.92 Å². The molecule has 0 aliphatic carbocycles. The highest BCUT2D eigenvalue weighted by Gasteiger charge is 2.13.